The minimum absolute atomic E-state index is 0.178. The van der Waals surface area contributed by atoms with Crippen molar-refractivity contribution in [2.24, 2.45) is 5.10 Å². The van der Waals surface area contributed by atoms with E-state index in [0.29, 0.717) is 41.8 Å². The van der Waals surface area contributed by atoms with Crippen molar-refractivity contribution in [2.75, 3.05) is 11.5 Å². The molecule has 14 nitrogen and oxygen atoms in total. The predicted molar refractivity (Wildman–Crippen MR) is 199 cm³/mol. The van der Waals surface area contributed by atoms with Gasteiger partial charge in [-0.3, -0.25) is 24.5 Å². The third-order valence-electron chi connectivity index (χ3n) is 7.57. The standard InChI is InChI=1S/C37H32N6O8S2/c1-37(2,3)51-35(47)39-28(21-50-20-22-9-5-4-6-10-22)32(44)41-38-19-23-13-16-30(29(17-23)43(48)49)52-36-40-27-15-14-24(18-31(27)53-36)42-33(45)25-11-7-8-12-26(25)34(42)46/h4-19,28H,20-21H2,1-3H3,(H,39,47)(H,41,44)/b38-19-/t28-/m0/s1. The largest absolute Gasteiger partial charge is 0.444 e. The van der Waals surface area contributed by atoms with Crippen LogP contribution in [0.1, 0.15) is 52.6 Å². The van der Waals surface area contributed by atoms with E-state index >= 15 is 0 Å². The molecule has 0 fully saturated rings. The van der Waals surface area contributed by atoms with Gasteiger partial charge in [-0.15, -0.1) is 11.3 Å². The molecular formula is C37H32N6O8S2. The van der Waals surface area contributed by atoms with Gasteiger partial charge in [0.05, 0.1) is 56.3 Å². The lowest BCUT2D eigenvalue weighted by Crippen LogP contribution is -2.49. The lowest BCUT2D eigenvalue weighted by atomic mass is 10.1. The number of benzene rings is 4. The summed E-state index contributed by atoms with van der Waals surface area (Å²) in [4.78, 5) is 69.0. The summed E-state index contributed by atoms with van der Waals surface area (Å²) in [5, 5.41) is 18.5. The van der Waals surface area contributed by atoms with E-state index < -0.39 is 40.4 Å². The van der Waals surface area contributed by atoms with Gasteiger partial charge in [0.1, 0.15) is 11.6 Å². The molecule has 1 aromatic heterocycles. The van der Waals surface area contributed by atoms with E-state index in [2.05, 4.69) is 20.8 Å². The molecule has 0 bridgehead atoms. The number of hydrazone groups is 1. The van der Waals surface area contributed by atoms with Gasteiger partial charge < -0.3 is 14.8 Å². The van der Waals surface area contributed by atoms with Crippen LogP contribution in [0.3, 0.4) is 0 Å². The molecule has 6 rings (SSSR count). The van der Waals surface area contributed by atoms with Gasteiger partial charge in [-0.25, -0.2) is 20.1 Å². The van der Waals surface area contributed by atoms with Gasteiger partial charge in [0.2, 0.25) is 0 Å². The first-order valence-electron chi connectivity index (χ1n) is 16.1. The van der Waals surface area contributed by atoms with E-state index in [-0.39, 0.29) is 18.9 Å². The minimum Gasteiger partial charge on any atom is -0.444 e. The second kappa shape index (κ2) is 15.7. The van der Waals surface area contributed by atoms with Crippen molar-refractivity contribution in [3.8, 4) is 0 Å². The van der Waals surface area contributed by atoms with Crippen LogP contribution in [0.5, 0.6) is 0 Å². The van der Waals surface area contributed by atoms with Crippen molar-refractivity contribution in [3.05, 3.63) is 123 Å². The second-order valence-electron chi connectivity index (χ2n) is 12.6. The second-order valence-corrected chi connectivity index (χ2v) is 15.0. The van der Waals surface area contributed by atoms with Crippen molar-refractivity contribution in [1.82, 2.24) is 15.7 Å². The molecule has 0 unspecified atom stereocenters. The van der Waals surface area contributed by atoms with E-state index in [0.717, 1.165) is 22.2 Å². The Bertz CT molecular complexity index is 2220. The summed E-state index contributed by atoms with van der Waals surface area (Å²) in [5.41, 5.74) is 4.22. The van der Waals surface area contributed by atoms with Gasteiger partial charge in [0.25, 0.3) is 23.4 Å². The molecular weight excluding hydrogens is 721 g/mol. The number of nitro groups is 1. The number of carbonyl (C=O) groups excluding carboxylic acids is 4. The van der Waals surface area contributed by atoms with E-state index in [9.17, 15) is 29.3 Å². The molecule has 0 saturated carbocycles. The highest BCUT2D eigenvalue weighted by atomic mass is 32.2. The molecule has 270 valence electrons. The molecule has 0 saturated heterocycles. The van der Waals surface area contributed by atoms with Crippen molar-refractivity contribution in [3.63, 3.8) is 0 Å². The van der Waals surface area contributed by atoms with Crippen molar-refractivity contribution < 1.29 is 33.6 Å². The number of carbonyl (C=O) groups is 4. The zero-order valence-electron chi connectivity index (χ0n) is 28.6. The summed E-state index contributed by atoms with van der Waals surface area (Å²) < 4.78 is 12.2. The third-order valence-corrected chi connectivity index (χ3v) is 9.72. The van der Waals surface area contributed by atoms with Crippen molar-refractivity contribution >= 4 is 74.7 Å². The van der Waals surface area contributed by atoms with E-state index in [1.807, 2.05) is 30.3 Å². The molecule has 1 aliphatic rings. The highest BCUT2D eigenvalue weighted by Gasteiger charge is 2.36. The van der Waals surface area contributed by atoms with Crippen LogP contribution in [0, 0.1) is 10.1 Å². The fraction of sp³-hybridized carbons (Fsp3) is 0.189. The Kier molecular flexibility index (Phi) is 10.9. The topological polar surface area (TPSA) is 182 Å². The van der Waals surface area contributed by atoms with Gasteiger partial charge in [-0.05, 0) is 62.7 Å². The van der Waals surface area contributed by atoms with Gasteiger partial charge in [0.15, 0.2) is 4.34 Å². The molecule has 2 heterocycles. The number of thiazole rings is 1. The number of nitrogens with zero attached hydrogens (tertiary/aromatic N) is 4. The van der Waals surface area contributed by atoms with Crippen molar-refractivity contribution in [2.45, 2.75) is 48.3 Å². The Hall–Kier alpha value is -5.97. The number of hydrogen-bond acceptors (Lipinski definition) is 12. The molecule has 16 heteroatoms. The summed E-state index contributed by atoms with van der Waals surface area (Å²) in [6, 6.07) is 24.3. The number of alkyl carbamates (subject to hydrolysis) is 1. The summed E-state index contributed by atoms with van der Waals surface area (Å²) in [6.07, 6.45) is 0.428. The van der Waals surface area contributed by atoms with Crippen LogP contribution < -0.4 is 15.6 Å². The molecule has 0 radical (unpaired) electrons. The highest BCUT2D eigenvalue weighted by molar-refractivity contribution is 8.01. The SMILES string of the molecule is CC(C)(C)OC(=O)N[C@@H](COCc1ccccc1)C(=O)N/N=C\c1ccc(Sc2nc3ccc(N4C(=O)c5ccccc5C4=O)cc3s2)c([N+](=O)[O-])c1. The number of rotatable bonds is 12. The quantitative estimate of drug-likeness (QED) is 0.0601. The number of amides is 4. The zero-order valence-corrected chi connectivity index (χ0v) is 30.2. The normalized spacial score (nSPS) is 13.3. The fourth-order valence-corrected chi connectivity index (χ4v) is 7.33. The predicted octanol–water partition coefficient (Wildman–Crippen LogP) is 6.72. The average Bonchev–Trinajstić information content (AvgIpc) is 3.64. The van der Waals surface area contributed by atoms with Crippen LogP contribution >= 0.6 is 23.1 Å². The monoisotopic (exact) mass is 752 g/mol. The summed E-state index contributed by atoms with van der Waals surface area (Å²) >= 11 is 2.36. The lowest BCUT2D eigenvalue weighted by molar-refractivity contribution is -0.387. The Morgan fingerprint density at radius 1 is 1.00 bits per heavy atom. The summed E-state index contributed by atoms with van der Waals surface area (Å²) in [6.45, 7) is 5.10. The molecule has 4 aromatic carbocycles. The van der Waals surface area contributed by atoms with Crippen LogP contribution in [0.25, 0.3) is 10.2 Å². The first kappa shape index (κ1) is 36.8. The minimum atomic E-state index is -1.16. The van der Waals surface area contributed by atoms with E-state index in [1.165, 1.54) is 23.6 Å². The molecule has 5 aromatic rings. The van der Waals surface area contributed by atoms with Crippen LogP contribution in [0.4, 0.5) is 16.2 Å². The van der Waals surface area contributed by atoms with Crippen molar-refractivity contribution in [1.29, 1.82) is 0 Å². The fourth-order valence-electron chi connectivity index (χ4n) is 5.19. The maximum Gasteiger partial charge on any atom is 0.408 e. The van der Waals surface area contributed by atoms with Gasteiger partial charge in [0, 0.05) is 11.6 Å². The van der Waals surface area contributed by atoms with Gasteiger partial charge in [-0.1, -0.05) is 60.3 Å². The maximum atomic E-state index is 13.0. The third kappa shape index (κ3) is 8.92. The maximum absolute atomic E-state index is 13.0. The Balaban J connectivity index is 1.12. The Morgan fingerprint density at radius 2 is 1.70 bits per heavy atom. The van der Waals surface area contributed by atoms with E-state index in [1.54, 1.807) is 75.4 Å². The number of anilines is 1. The van der Waals surface area contributed by atoms with Crippen LogP contribution in [-0.2, 0) is 20.9 Å². The number of hydrogen-bond donors (Lipinski definition) is 2. The Morgan fingerprint density at radius 3 is 2.38 bits per heavy atom. The first-order chi connectivity index (χ1) is 25.4. The van der Waals surface area contributed by atoms with Gasteiger partial charge in [-0.2, -0.15) is 5.10 Å². The highest BCUT2D eigenvalue weighted by Crippen LogP contribution is 2.40. The summed E-state index contributed by atoms with van der Waals surface area (Å²) in [5.74, 6) is -1.51. The molecule has 4 amide bonds. The number of ether oxygens (including phenoxy) is 2. The van der Waals surface area contributed by atoms with Crippen LogP contribution in [0.15, 0.2) is 105 Å². The number of imide groups is 1. The first-order valence-corrected chi connectivity index (χ1v) is 17.8. The average molecular weight is 753 g/mol. The number of aromatic nitrogens is 1. The van der Waals surface area contributed by atoms with E-state index in [4.69, 9.17) is 9.47 Å². The molecule has 0 spiro atoms. The molecule has 53 heavy (non-hydrogen) atoms. The molecule has 1 atom stereocenters. The number of nitrogens with one attached hydrogen (secondary N) is 2. The smallest absolute Gasteiger partial charge is 0.408 e. The number of fused-ring (bicyclic) bond motifs is 2. The number of nitro benzene ring substituents is 1. The molecule has 1 aliphatic heterocycles. The lowest BCUT2D eigenvalue weighted by Gasteiger charge is -2.22. The zero-order chi connectivity index (χ0) is 37.7. The van der Waals surface area contributed by atoms with Crippen LogP contribution in [0.2, 0.25) is 0 Å². The van der Waals surface area contributed by atoms with Crippen LogP contribution in [-0.4, -0.2) is 58.2 Å². The Labute approximate surface area is 311 Å². The van der Waals surface area contributed by atoms with Gasteiger partial charge >= 0.3 is 6.09 Å². The molecule has 0 aliphatic carbocycles. The summed E-state index contributed by atoms with van der Waals surface area (Å²) in [7, 11) is 0. The molecule has 2 N–H and O–H groups in total.